The van der Waals surface area contributed by atoms with Gasteiger partial charge in [0.2, 0.25) is 0 Å². The van der Waals surface area contributed by atoms with Crippen LogP contribution in [-0.4, -0.2) is 6.61 Å². The molecule has 0 aliphatic heterocycles. The second-order valence-electron chi connectivity index (χ2n) is 3.54. The first-order chi connectivity index (χ1) is 6.68. The first-order valence-electron chi connectivity index (χ1n) is 4.74. The summed E-state index contributed by atoms with van der Waals surface area (Å²) in [6.45, 7) is 5.44. The molecule has 0 aliphatic carbocycles. The zero-order valence-electron chi connectivity index (χ0n) is 8.79. The van der Waals surface area contributed by atoms with Crippen molar-refractivity contribution in [1.29, 1.82) is 0 Å². The third-order valence-corrected chi connectivity index (χ3v) is 1.86. The normalized spacial score (nSPS) is 9.86. The molecule has 2 heteroatoms. The maximum Gasteiger partial charge on any atom is 0.0721 e. The number of ether oxygens (including phenoxy) is 1. The smallest absolute Gasteiger partial charge is 0.0721 e. The van der Waals surface area contributed by atoms with Crippen molar-refractivity contribution >= 4 is 5.69 Å². The van der Waals surface area contributed by atoms with Gasteiger partial charge < -0.3 is 10.5 Å². The van der Waals surface area contributed by atoms with Gasteiger partial charge in [-0.2, -0.15) is 0 Å². The van der Waals surface area contributed by atoms with E-state index < -0.39 is 0 Å². The highest BCUT2D eigenvalue weighted by atomic mass is 16.5. The minimum atomic E-state index is 0.643. The number of anilines is 1. The highest BCUT2D eigenvalue weighted by Gasteiger charge is 1.91. The number of nitrogens with two attached hydrogens (primary N) is 1. The van der Waals surface area contributed by atoms with Crippen LogP contribution in [0.4, 0.5) is 5.69 Å². The molecule has 0 unspecified atom stereocenters. The van der Waals surface area contributed by atoms with Crippen molar-refractivity contribution in [2.75, 3.05) is 12.3 Å². The van der Waals surface area contributed by atoms with Crippen LogP contribution in [-0.2, 0) is 11.3 Å². The van der Waals surface area contributed by atoms with Gasteiger partial charge in [0.1, 0.15) is 0 Å². The molecule has 0 atom stereocenters. The number of benzene rings is 1. The van der Waals surface area contributed by atoms with Crippen molar-refractivity contribution in [3.05, 3.63) is 41.5 Å². The maximum atomic E-state index is 5.57. The fourth-order valence-electron chi connectivity index (χ4n) is 1.02. The molecular weight excluding hydrogens is 174 g/mol. The standard InChI is InChI=1S/C12H17NO/c1-10(2)7-8-14-9-11-3-5-12(13)6-4-11/h3-7H,8-9,13H2,1-2H3. The van der Waals surface area contributed by atoms with Crippen LogP contribution >= 0.6 is 0 Å². The molecule has 0 fully saturated rings. The molecule has 0 spiro atoms. The van der Waals surface area contributed by atoms with Gasteiger partial charge in [-0.05, 0) is 31.5 Å². The van der Waals surface area contributed by atoms with Gasteiger partial charge in [0.05, 0.1) is 13.2 Å². The molecule has 1 aromatic rings. The number of hydrogen-bond acceptors (Lipinski definition) is 2. The Morgan fingerprint density at radius 2 is 1.93 bits per heavy atom. The van der Waals surface area contributed by atoms with Crippen LogP contribution in [0.25, 0.3) is 0 Å². The van der Waals surface area contributed by atoms with Crippen molar-refractivity contribution in [2.24, 2.45) is 0 Å². The second kappa shape index (κ2) is 5.45. The molecule has 0 amide bonds. The van der Waals surface area contributed by atoms with Gasteiger partial charge >= 0.3 is 0 Å². The Morgan fingerprint density at radius 3 is 2.50 bits per heavy atom. The Balaban J connectivity index is 2.32. The summed E-state index contributed by atoms with van der Waals surface area (Å²) in [5.41, 5.74) is 8.79. The summed E-state index contributed by atoms with van der Waals surface area (Å²) < 4.78 is 5.45. The molecule has 0 heterocycles. The highest BCUT2D eigenvalue weighted by molar-refractivity contribution is 5.39. The van der Waals surface area contributed by atoms with E-state index in [-0.39, 0.29) is 0 Å². The Hall–Kier alpha value is -1.28. The molecule has 0 radical (unpaired) electrons. The number of hydrogen-bond donors (Lipinski definition) is 1. The molecule has 0 saturated carbocycles. The average Bonchev–Trinajstić information content (AvgIpc) is 2.15. The first-order valence-corrected chi connectivity index (χ1v) is 4.74. The molecule has 2 nitrogen and oxygen atoms in total. The Labute approximate surface area is 85.4 Å². The van der Waals surface area contributed by atoms with E-state index in [1.54, 1.807) is 0 Å². The van der Waals surface area contributed by atoms with Crippen molar-refractivity contribution in [3.63, 3.8) is 0 Å². The number of nitrogen functional groups attached to an aromatic ring is 1. The lowest BCUT2D eigenvalue weighted by molar-refractivity contribution is 0.148. The van der Waals surface area contributed by atoms with E-state index in [1.165, 1.54) is 5.57 Å². The van der Waals surface area contributed by atoms with Gasteiger partial charge in [-0.25, -0.2) is 0 Å². The molecule has 0 aliphatic rings. The Morgan fingerprint density at radius 1 is 1.29 bits per heavy atom. The second-order valence-corrected chi connectivity index (χ2v) is 3.54. The summed E-state index contributed by atoms with van der Waals surface area (Å²) in [6.07, 6.45) is 2.07. The van der Waals surface area contributed by atoms with E-state index in [9.17, 15) is 0 Å². The predicted octanol–water partition coefficient (Wildman–Crippen LogP) is 2.75. The fourth-order valence-corrected chi connectivity index (χ4v) is 1.02. The summed E-state index contributed by atoms with van der Waals surface area (Å²) in [5.74, 6) is 0. The monoisotopic (exact) mass is 191 g/mol. The lowest BCUT2D eigenvalue weighted by Crippen LogP contribution is -1.93. The van der Waals surface area contributed by atoms with Crippen molar-refractivity contribution in [1.82, 2.24) is 0 Å². The summed E-state index contributed by atoms with van der Waals surface area (Å²) in [5, 5.41) is 0. The van der Waals surface area contributed by atoms with E-state index in [2.05, 4.69) is 19.9 Å². The summed E-state index contributed by atoms with van der Waals surface area (Å²) in [4.78, 5) is 0. The van der Waals surface area contributed by atoms with E-state index in [4.69, 9.17) is 10.5 Å². The largest absolute Gasteiger partial charge is 0.399 e. The molecule has 76 valence electrons. The maximum absolute atomic E-state index is 5.57. The lowest BCUT2D eigenvalue weighted by Gasteiger charge is -2.02. The predicted molar refractivity (Wildman–Crippen MR) is 59.9 cm³/mol. The van der Waals surface area contributed by atoms with Gasteiger partial charge in [-0.1, -0.05) is 23.8 Å². The molecule has 0 saturated heterocycles. The molecule has 1 aromatic carbocycles. The lowest BCUT2D eigenvalue weighted by atomic mass is 10.2. The molecular formula is C12H17NO. The molecule has 0 bridgehead atoms. The molecule has 14 heavy (non-hydrogen) atoms. The minimum Gasteiger partial charge on any atom is -0.399 e. The van der Waals surface area contributed by atoms with Crippen LogP contribution in [0.5, 0.6) is 0 Å². The van der Waals surface area contributed by atoms with Crippen LogP contribution in [0.3, 0.4) is 0 Å². The van der Waals surface area contributed by atoms with Crippen molar-refractivity contribution in [3.8, 4) is 0 Å². The molecule has 0 aromatic heterocycles. The van der Waals surface area contributed by atoms with E-state index >= 15 is 0 Å². The number of allylic oxidation sites excluding steroid dienone is 1. The summed E-state index contributed by atoms with van der Waals surface area (Å²) in [6, 6.07) is 7.74. The number of rotatable bonds is 4. The van der Waals surface area contributed by atoms with Gasteiger partial charge in [-0.15, -0.1) is 0 Å². The molecule has 2 N–H and O–H groups in total. The fraction of sp³-hybridized carbons (Fsp3) is 0.333. The van der Waals surface area contributed by atoms with Gasteiger partial charge in [-0.3, -0.25) is 0 Å². The minimum absolute atomic E-state index is 0.643. The Kier molecular flexibility index (Phi) is 4.20. The van der Waals surface area contributed by atoms with Gasteiger partial charge in [0, 0.05) is 5.69 Å². The zero-order chi connectivity index (χ0) is 10.4. The first kappa shape index (κ1) is 10.8. The van der Waals surface area contributed by atoms with Crippen LogP contribution in [0.2, 0.25) is 0 Å². The van der Waals surface area contributed by atoms with E-state index in [0.717, 1.165) is 11.3 Å². The van der Waals surface area contributed by atoms with Crippen LogP contribution in [0.1, 0.15) is 19.4 Å². The van der Waals surface area contributed by atoms with Crippen LogP contribution in [0.15, 0.2) is 35.9 Å². The van der Waals surface area contributed by atoms with E-state index in [1.807, 2.05) is 24.3 Å². The van der Waals surface area contributed by atoms with Crippen LogP contribution in [0, 0.1) is 0 Å². The topological polar surface area (TPSA) is 35.2 Å². The third-order valence-electron chi connectivity index (χ3n) is 1.86. The average molecular weight is 191 g/mol. The SMILES string of the molecule is CC(C)=CCOCc1ccc(N)cc1. The van der Waals surface area contributed by atoms with E-state index in [0.29, 0.717) is 13.2 Å². The Bertz CT molecular complexity index is 297. The summed E-state index contributed by atoms with van der Waals surface area (Å²) in [7, 11) is 0. The highest BCUT2D eigenvalue weighted by Crippen LogP contribution is 2.06. The van der Waals surface area contributed by atoms with Crippen molar-refractivity contribution < 1.29 is 4.74 Å². The molecule has 1 rings (SSSR count). The quantitative estimate of drug-likeness (QED) is 0.451. The zero-order valence-corrected chi connectivity index (χ0v) is 8.79. The summed E-state index contributed by atoms with van der Waals surface area (Å²) >= 11 is 0. The third kappa shape index (κ3) is 4.10. The van der Waals surface area contributed by atoms with Crippen LogP contribution < -0.4 is 5.73 Å². The van der Waals surface area contributed by atoms with Crippen molar-refractivity contribution in [2.45, 2.75) is 20.5 Å². The van der Waals surface area contributed by atoms with Gasteiger partial charge in [0.25, 0.3) is 0 Å². The van der Waals surface area contributed by atoms with Gasteiger partial charge in [0.15, 0.2) is 0 Å².